The molecule has 0 bridgehead atoms. The first-order valence-electron chi connectivity index (χ1n) is 8.46. The van der Waals surface area contributed by atoms with E-state index in [0.29, 0.717) is 25.3 Å². The Hall–Kier alpha value is -1.43. The van der Waals surface area contributed by atoms with Crippen LogP contribution in [0.1, 0.15) is 44.7 Å². The summed E-state index contributed by atoms with van der Waals surface area (Å²) < 4.78 is 0. The number of carbonyl (C=O) groups excluding carboxylic acids is 1. The number of aliphatic hydroxyl groups is 1. The molecule has 23 heavy (non-hydrogen) atoms. The summed E-state index contributed by atoms with van der Waals surface area (Å²) in [4.78, 5) is 15.1. The van der Waals surface area contributed by atoms with Crippen molar-refractivity contribution in [3.8, 4) is 0 Å². The first kappa shape index (κ1) is 17.9. The van der Waals surface area contributed by atoms with Crippen LogP contribution in [0.25, 0.3) is 0 Å². The second-order valence-corrected chi connectivity index (χ2v) is 6.73. The summed E-state index contributed by atoms with van der Waals surface area (Å²) in [6.45, 7) is 6.04. The summed E-state index contributed by atoms with van der Waals surface area (Å²) in [5, 5.41) is 12.3. The predicted molar refractivity (Wildman–Crippen MR) is 91.9 cm³/mol. The van der Waals surface area contributed by atoms with Crippen LogP contribution in [0, 0.1) is 0 Å². The lowest BCUT2D eigenvalue weighted by Crippen LogP contribution is -2.60. The summed E-state index contributed by atoms with van der Waals surface area (Å²) in [6.07, 6.45) is 1.82. The van der Waals surface area contributed by atoms with Gasteiger partial charge < -0.3 is 21.1 Å². The second kappa shape index (κ2) is 7.90. The Morgan fingerprint density at radius 2 is 1.91 bits per heavy atom. The average Bonchev–Trinajstić information content (AvgIpc) is 2.55. The third-order valence-electron chi connectivity index (χ3n) is 4.80. The molecule has 0 aliphatic carbocycles. The molecule has 1 saturated heterocycles. The van der Waals surface area contributed by atoms with Crippen LogP contribution < -0.4 is 11.1 Å². The number of nitrogens with zero attached hydrogens (tertiary/aromatic N) is 1. The SMILES string of the molecule is CC(C)N1CCC(N)(C(=O)N[C@@H](CCO)c2ccccc2)CC1. The minimum absolute atomic E-state index is 0.0263. The molecule has 2 rings (SSSR count). The van der Waals surface area contributed by atoms with Gasteiger partial charge in [-0.1, -0.05) is 30.3 Å². The van der Waals surface area contributed by atoms with Crippen LogP contribution in [0.15, 0.2) is 30.3 Å². The van der Waals surface area contributed by atoms with Gasteiger partial charge in [-0.05, 0) is 38.7 Å². The van der Waals surface area contributed by atoms with E-state index in [1.807, 2.05) is 30.3 Å². The van der Waals surface area contributed by atoms with Gasteiger partial charge in [-0.25, -0.2) is 0 Å². The molecule has 0 radical (unpaired) electrons. The Morgan fingerprint density at radius 1 is 1.30 bits per heavy atom. The number of likely N-dealkylation sites (tertiary alicyclic amines) is 1. The molecule has 1 atom stereocenters. The van der Waals surface area contributed by atoms with Gasteiger partial charge in [-0.15, -0.1) is 0 Å². The number of aliphatic hydroxyl groups excluding tert-OH is 1. The van der Waals surface area contributed by atoms with Gasteiger partial charge in [0.15, 0.2) is 0 Å². The zero-order valence-corrected chi connectivity index (χ0v) is 14.2. The van der Waals surface area contributed by atoms with Crippen molar-refractivity contribution in [2.45, 2.75) is 50.7 Å². The predicted octanol–water partition coefficient (Wildman–Crippen LogP) is 1.43. The summed E-state index contributed by atoms with van der Waals surface area (Å²) in [5.74, 6) is -0.108. The Kier molecular flexibility index (Phi) is 6.16. The van der Waals surface area contributed by atoms with Crippen molar-refractivity contribution in [1.82, 2.24) is 10.2 Å². The first-order chi connectivity index (χ1) is 11.0. The largest absolute Gasteiger partial charge is 0.396 e. The maximum absolute atomic E-state index is 12.7. The van der Waals surface area contributed by atoms with Crippen molar-refractivity contribution >= 4 is 5.91 Å². The molecular weight excluding hydrogens is 290 g/mol. The van der Waals surface area contributed by atoms with Gasteiger partial charge in [0.25, 0.3) is 0 Å². The topological polar surface area (TPSA) is 78.6 Å². The van der Waals surface area contributed by atoms with E-state index in [1.54, 1.807) is 0 Å². The quantitative estimate of drug-likeness (QED) is 0.741. The summed E-state index contributed by atoms with van der Waals surface area (Å²) >= 11 is 0. The average molecular weight is 319 g/mol. The lowest BCUT2D eigenvalue weighted by molar-refractivity contribution is -0.129. The number of carbonyl (C=O) groups is 1. The number of benzene rings is 1. The molecule has 1 aromatic rings. The van der Waals surface area contributed by atoms with E-state index in [-0.39, 0.29) is 18.6 Å². The minimum atomic E-state index is -0.812. The van der Waals surface area contributed by atoms with Gasteiger partial charge in [0.05, 0.1) is 11.6 Å². The number of hydrogen-bond acceptors (Lipinski definition) is 4. The maximum Gasteiger partial charge on any atom is 0.240 e. The Morgan fingerprint density at radius 3 is 2.43 bits per heavy atom. The molecule has 0 aromatic heterocycles. The van der Waals surface area contributed by atoms with E-state index in [4.69, 9.17) is 5.73 Å². The van der Waals surface area contributed by atoms with Crippen molar-refractivity contribution in [1.29, 1.82) is 0 Å². The van der Waals surface area contributed by atoms with Crippen molar-refractivity contribution in [2.24, 2.45) is 5.73 Å². The molecule has 1 aliphatic rings. The molecule has 1 aromatic carbocycles. The van der Waals surface area contributed by atoms with Gasteiger partial charge in [0.1, 0.15) is 0 Å². The number of amides is 1. The Labute approximate surface area is 138 Å². The molecule has 128 valence electrons. The van der Waals surface area contributed by atoms with Crippen LogP contribution in [-0.2, 0) is 4.79 Å². The number of hydrogen-bond donors (Lipinski definition) is 3. The fourth-order valence-electron chi connectivity index (χ4n) is 3.11. The lowest BCUT2D eigenvalue weighted by atomic mass is 9.86. The monoisotopic (exact) mass is 319 g/mol. The zero-order valence-electron chi connectivity index (χ0n) is 14.2. The highest BCUT2D eigenvalue weighted by atomic mass is 16.3. The normalized spacial score (nSPS) is 19.5. The smallest absolute Gasteiger partial charge is 0.240 e. The third-order valence-corrected chi connectivity index (χ3v) is 4.80. The Balaban J connectivity index is 2.01. The zero-order chi connectivity index (χ0) is 16.9. The summed E-state index contributed by atoms with van der Waals surface area (Å²) in [6, 6.07) is 10.0. The van der Waals surface area contributed by atoms with E-state index >= 15 is 0 Å². The number of rotatable bonds is 6. The Bertz CT molecular complexity index is 496. The molecular formula is C18H29N3O2. The fraction of sp³-hybridized carbons (Fsp3) is 0.611. The molecule has 1 fully saturated rings. The molecule has 1 amide bonds. The maximum atomic E-state index is 12.7. The third kappa shape index (κ3) is 4.53. The van der Waals surface area contributed by atoms with Crippen LogP contribution >= 0.6 is 0 Å². The number of nitrogens with two attached hydrogens (primary N) is 1. The van der Waals surface area contributed by atoms with Crippen LogP contribution in [0.5, 0.6) is 0 Å². The number of piperidine rings is 1. The second-order valence-electron chi connectivity index (χ2n) is 6.73. The summed E-state index contributed by atoms with van der Waals surface area (Å²) in [5.41, 5.74) is 6.57. The van der Waals surface area contributed by atoms with Crippen molar-refractivity contribution in [2.75, 3.05) is 19.7 Å². The van der Waals surface area contributed by atoms with Gasteiger partial charge >= 0.3 is 0 Å². The molecule has 0 spiro atoms. The van der Waals surface area contributed by atoms with Crippen molar-refractivity contribution in [3.63, 3.8) is 0 Å². The minimum Gasteiger partial charge on any atom is -0.396 e. The van der Waals surface area contributed by atoms with Gasteiger partial charge in [0.2, 0.25) is 5.91 Å². The van der Waals surface area contributed by atoms with E-state index in [2.05, 4.69) is 24.1 Å². The molecule has 0 saturated carbocycles. The molecule has 5 heteroatoms. The van der Waals surface area contributed by atoms with Gasteiger partial charge in [-0.2, -0.15) is 0 Å². The van der Waals surface area contributed by atoms with E-state index in [9.17, 15) is 9.90 Å². The van der Waals surface area contributed by atoms with E-state index in [0.717, 1.165) is 18.7 Å². The first-order valence-corrected chi connectivity index (χ1v) is 8.46. The van der Waals surface area contributed by atoms with E-state index < -0.39 is 5.54 Å². The summed E-state index contributed by atoms with van der Waals surface area (Å²) in [7, 11) is 0. The fourth-order valence-corrected chi connectivity index (χ4v) is 3.11. The molecule has 5 nitrogen and oxygen atoms in total. The molecule has 4 N–H and O–H groups in total. The van der Waals surface area contributed by atoms with Gasteiger partial charge in [0, 0.05) is 25.7 Å². The standard InChI is InChI=1S/C18H29N3O2/c1-14(2)21-11-9-18(19,10-12-21)17(23)20-16(8-13-22)15-6-4-3-5-7-15/h3-7,14,16,22H,8-13,19H2,1-2H3,(H,20,23)/t16-/m0/s1. The highest BCUT2D eigenvalue weighted by Crippen LogP contribution is 2.24. The van der Waals surface area contributed by atoms with Crippen LogP contribution in [0.3, 0.4) is 0 Å². The van der Waals surface area contributed by atoms with Crippen molar-refractivity contribution in [3.05, 3.63) is 35.9 Å². The molecule has 0 unspecified atom stereocenters. The van der Waals surface area contributed by atoms with E-state index in [1.165, 1.54) is 0 Å². The van der Waals surface area contributed by atoms with Crippen LogP contribution in [0.4, 0.5) is 0 Å². The number of nitrogens with one attached hydrogen (secondary N) is 1. The molecule has 1 aliphatic heterocycles. The highest BCUT2D eigenvalue weighted by Gasteiger charge is 2.38. The lowest BCUT2D eigenvalue weighted by Gasteiger charge is -2.40. The molecule has 1 heterocycles. The van der Waals surface area contributed by atoms with Crippen LogP contribution in [0.2, 0.25) is 0 Å². The van der Waals surface area contributed by atoms with Crippen molar-refractivity contribution < 1.29 is 9.90 Å². The van der Waals surface area contributed by atoms with Crippen LogP contribution in [-0.4, -0.2) is 47.2 Å². The van der Waals surface area contributed by atoms with Gasteiger partial charge in [-0.3, -0.25) is 4.79 Å². The highest BCUT2D eigenvalue weighted by molar-refractivity contribution is 5.86.